The number of anilines is 2. The van der Waals surface area contributed by atoms with E-state index in [9.17, 15) is 0 Å². The quantitative estimate of drug-likeness (QED) is 0.695. The number of nitrogens with one attached hydrogen (secondary N) is 1. The van der Waals surface area contributed by atoms with E-state index in [2.05, 4.69) is 15.3 Å². The second kappa shape index (κ2) is 4.65. The first-order chi connectivity index (χ1) is 7.70. The Morgan fingerprint density at radius 1 is 1.31 bits per heavy atom. The smallest absolute Gasteiger partial charge is 0.221 e. The Bertz CT molecular complexity index is 357. The van der Waals surface area contributed by atoms with E-state index in [1.54, 1.807) is 0 Å². The van der Waals surface area contributed by atoms with Gasteiger partial charge < -0.3 is 16.8 Å². The van der Waals surface area contributed by atoms with Gasteiger partial charge in [-0.2, -0.15) is 4.98 Å². The minimum absolute atomic E-state index is 0.320. The van der Waals surface area contributed by atoms with E-state index in [1.807, 2.05) is 13.2 Å². The predicted octanol–water partition coefficient (Wildman–Crippen LogP) is 1.09. The third kappa shape index (κ3) is 2.24. The third-order valence-corrected chi connectivity index (χ3v) is 3.28. The molecule has 0 radical (unpaired) electrons. The first-order valence-electron chi connectivity index (χ1n) is 5.76. The van der Waals surface area contributed by atoms with E-state index >= 15 is 0 Å². The minimum Gasteiger partial charge on any atom is -0.373 e. The standard InChI is InChI=1S/C11H19N5/c1-14-10-9(6-15-11(13)16-10)7-2-4-8(12)5-3-7/h6-8H,2-5,12H2,1H3,(H3,13,14,15,16)/t7-,8+. The summed E-state index contributed by atoms with van der Waals surface area (Å²) in [5, 5.41) is 3.08. The van der Waals surface area contributed by atoms with Crippen LogP contribution in [-0.4, -0.2) is 23.1 Å². The lowest BCUT2D eigenvalue weighted by atomic mass is 9.82. The average Bonchev–Trinajstić information content (AvgIpc) is 2.30. The average molecular weight is 221 g/mol. The van der Waals surface area contributed by atoms with Crippen molar-refractivity contribution in [3.63, 3.8) is 0 Å². The van der Waals surface area contributed by atoms with E-state index in [-0.39, 0.29) is 0 Å². The van der Waals surface area contributed by atoms with Gasteiger partial charge in [-0.05, 0) is 31.6 Å². The molecule has 0 atom stereocenters. The molecule has 0 bridgehead atoms. The summed E-state index contributed by atoms with van der Waals surface area (Å²) in [6, 6.07) is 0.365. The highest BCUT2D eigenvalue weighted by molar-refractivity contribution is 5.47. The third-order valence-electron chi connectivity index (χ3n) is 3.28. The number of nitrogens with two attached hydrogens (primary N) is 2. The van der Waals surface area contributed by atoms with Crippen molar-refractivity contribution >= 4 is 11.8 Å². The van der Waals surface area contributed by atoms with Crippen LogP contribution in [0.3, 0.4) is 0 Å². The fraction of sp³-hybridized carbons (Fsp3) is 0.636. The Morgan fingerprint density at radius 2 is 2.00 bits per heavy atom. The van der Waals surface area contributed by atoms with Crippen molar-refractivity contribution in [2.75, 3.05) is 18.1 Å². The second-order valence-corrected chi connectivity index (χ2v) is 4.39. The Labute approximate surface area is 95.6 Å². The first-order valence-corrected chi connectivity index (χ1v) is 5.76. The topological polar surface area (TPSA) is 89.8 Å². The minimum atomic E-state index is 0.320. The van der Waals surface area contributed by atoms with Crippen LogP contribution in [0.15, 0.2) is 6.20 Å². The van der Waals surface area contributed by atoms with Gasteiger partial charge in [0.2, 0.25) is 5.95 Å². The number of rotatable bonds is 2. The van der Waals surface area contributed by atoms with Gasteiger partial charge in [-0.25, -0.2) is 4.98 Å². The highest BCUT2D eigenvalue weighted by Gasteiger charge is 2.22. The van der Waals surface area contributed by atoms with Crippen LogP contribution in [0.25, 0.3) is 0 Å². The van der Waals surface area contributed by atoms with Crippen LogP contribution in [0.4, 0.5) is 11.8 Å². The van der Waals surface area contributed by atoms with E-state index in [1.165, 1.54) is 5.56 Å². The van der Waals surface area contributed by atoms with Gasteiger partial charge in [-0.1, -0.05) is 0 Å². The molecule has 88 valence electrons. The normalized spacial score (nSPS) is 25.4. The van der Waals surface area contributed by atoms with Crippen molar-refractivity contribution < 1.29 is 0 Å². The maximum Gasteiger partial charge on any atom is 0.221 e. The molecule has 1 aliphatic carbocycles. The number of aromatic nitrogens is 2. The summed E-state index contributed by atoms with van der Waals surface area (Å²) >= 11 is 0. The summed E-state index contributed by atoms with van der Waals surface area (Å²) in [6.45, 7) is 0. The molecule has 1 saturated carbocycles. The Kier molecular flexibility index (Phi) is 3.24. The van der Waals surface area contributed by atoms with Gasteiger partial charge in [0.05, 0.1) is 0 Å². The lowest BCUT2D eigenvalue weighted by molar-refractivity contribution is 0.395. The molecule has 0 saturated heterocycles. The van der Waals surface area contributed by atoms with Crippen LogP contribution in [0.1, 0.15) is 37.2 Å². The molecule has 0 spiro atoms. The lowest BCUT2D eigenvalue weighted by Gasteiger charge is -2.27. The molecule has 16 heavy (non-hydrogen) atoms. The first kappa shape index (κ1) is 11.1. The molecule has 0 amide bonds. The summed E-state index contributed by atoms with van der Waals surface area (Å²) in [4.78, 5) is 8.29. The molecule has 1 heterocycles. The molecule has 1 aliphatic rings. The van der Waals surface area contributed by atoms with Gasteiger partial charge in [0, 0.05) is 24.8 Å². The predicted molar refractivity (Wildman–Crippen MR) is 65.2 cm³/mol. The van der Waals surface area contributed by atoms with Gasteiger partial charge in [0.25, 0.3) is 0 Å². The molecule has 1 aromatic heterocycles. The van der Waals surface area contributed by atoms with Crippen molar-refractivity contribution in [2.24, 2.45) is 5.73 Å². The zero-order valence-corrected chi connectivity index (χ0v) is 9.61. The molecule has 1 fully saturated rings. The molecule has 0 aliphatic heterocycles. The molecule has 0 aromatic carbocycles. The van der Waals surface area contributed by atoms with Gasteiger partial charge in [-0.3, -0.25) is 0 Å². The van der Waals surface area contributed by atoms with Crippen molar-refractivity contribution in [3.05, 3.63) is 11.8 Å². The summed E-state index contributed by atoms with van der Waals surface area (Å²) in [5.41, 5.74) is 12.6. The van der Waals surface area contributed by atoms with Gasteiger partial charge >= 0.3 is 0 Å². The van der Waals surface area contributed by atoms with E-state index in [0.29, 0.717) is 17.9 Å². The zero-order valence-electron chi connectivity index (χ0n) is 9.61. The van der Waals surface area contributed by atoms with Gasteiger partial charge in [0.1, 0.15) is 5.82 Å². The van der Waals surface area contributed by atoms with Crippen molar-refractivity contribution in [1.29, 1.82) is 0 Å². The SMILES string of the molecule is CNc1nc(N)ncc1[C@H]1CC[C@@H](N)CC1. The van der Waals surface area contributed by atoms with Crippen LogP contribution in [0.2, 0.25) is 0 Å². The monoisotopic (exact) mass is 221 g/mol. The number of nitrogen functional groups attached to an aromatic ring is 1. The zero-order chi connectivity index (χ0) is 11.5. The van der Waals surface area contributed by atoms with Crippen molar-refractivity contribution in [3.8, 4) is 0 Å². The fourth-order valence-electron chi connectivity index (χ4n) is 2.33. The van der Waals surface area contributed by atoms with Crippen LogP contribution in [0, 0.1) is 0 Å². The molecule has 0 unspecified atom stereocenters. The molecular formula is C11H19N5. The summed E-state index contributed by atoms with van der Waals surface area (Å²) in [7, 11) is 1.86. The van der Waals surface area contributed by atoms with Gasteiger partial charge in [-0.15, -0.1) is 0 Å². The molecule has 1 aromatic rings. The van der Waals surface area contributed by atoms with Crippen molar-refractivity contribution in [1.82, 2.24) is 9.97 Å². The van der Waals surface area contributed by atoms with Gasteiger partial charge in [0.15, 0.2) is 0 Å². The molecule has 5 heteroatoms. The number of nitrogens with zero attached hydrogens (tertiary/aromatic N) is 2. The van der Waals surface area contributed by atoms with Crippen molar-refractivity contribution in [2.45, 2.75) is 37.6 Å². The summed E-state index contributed by atoms with van der Waals surface area (Å²) in [6.07, 6.45) is 6.23. The van der Waals surface area contributed by atoms with Crippen LogP contribution < -0.4 is 16.8 Å². The molecule has 5 nitrogen and oxygen atoms in total. The van der Waals surface area contributed by atoms with Crippen LogP contribution in [-0.2, 0) is 0 Å². The van der Waals surface area contributed by atoms with Crippen LogP contribution in [0.5, 0.6) is 0 Å². The number of hydrogen-bond acceptors (Lipinski definition) is 5. The largest absolute Gasteiger partial charge is 0.373 e. The molecule has 2 rings (SSSR count). The lowest BCUT2D eigenvalue weighted by Crippen LogP contribution is -2.26. The highest BCUT2D eigenvalue weighted by atomic mass is 15.1. The number of hydrogen-bond donors (Lipinski definition) is 3. The maximum absolute atomic E-state index is 5.90. The van der Waals surface area contributed by atoms with E-state index in [0.717, 1.165) is 31.5 Å². The highest BCUT2D eigenvalue weighted by Crippen LogP contribution is 2.34. The Balaban J connectivity index is 2.19. The molecule has 5 N–H and O–H groups in total. The van der Waals surface area contributed by atoms with Crippen LogP contribution >= 0.6 is 0 Å². The second-order valence-electron chi connectivity index (χ2n) is 4.39. The Morgan fingerprint density at radius 3 is 2.62 bits per heavy atom. The van der Waals surface area contributed by atoms with E-state index in [4.69, 9.17) is 11.5 Å². The summed E-state index contributed by atoms with van der Waals surface area (Å²) in [5.74, 6) is 1.69. The molecular weight excluding hydrogens is 202 g/mol. The fourth-order valence-corrected chi connectivity index (χ4v) is 2.33. The van der Waals surface area contributed by atoms with E-state index < -0.39 is 0 Å². The summed E-state index contributed by atoms with van der Waals surface area (Å²) < 4.78 is 0. The maximum atomic E-state index is 5.90. The Hall–Kier alpha value is -1.36.